The van der Waals surface area contributed by atoms with E-state index in [9.17, 15) is 9.59 Å². The molecule has 2 saturated heterocycles. The molecule has 1 aromatic carbocycles. The molecule has 4 rings (SSSR count). The SMILES string of the molecule is COc1ccc(OCC2CN(C3CCN(C(=O)c4sccc4Cl)CC3)C(=O)O2)cc1. The predicted molar refractivity (Wildman–Crippen MR) is 114 cm³/mol. The number of benzene rings is 1. The summed E-state index contributed by atoms with van der Waals surface area (Å²) >= 11 is 7.44. The van der Waals surface area contributed by atoms with Crippen LogP contribution in [0.3, 0.4) is 0 Å². The fraction of sp³-hybridized carbons (Fsp3) is 0.429. The van der Waals surface area contributed by atoms with Gasteiger partial charge in [0.1, 0.15) is 23.0 Å². The highest BCUT2D eigenvalue weighted by Gasteiger charge is 2.38. The van der Waals surface area contributed by atoms with Gasteiger partial charge in [-0.1, -0.05) is 11.6 Å². The summed E-state index contributed by atoms with van der Waals surface area (Å²) in [6.45, 7) is 1.97. The number of ether oxygens (including phenoxy) is 3. The smallest absolute Gasteiger partial charge is 0.410 e. The molecule has 0 saturated carbocycles. The average molecular weight is 451 g/mol. The Kier molecular flexibility index (Phi) is 6.34. The summed E-state index contributed by atoms with van der Waals surface area (Å²) in [5.41, 5.74) is 0. The third-order valence-corrected chi connectivity index (χ3v) is 6.73. The zero-order valence-electron chi connectivity index (χ0n) is 16.6. The van der Waals surface area contributed by atoms with E-state index in [-0.39, 0.29) is 24.1 Å². The quantitative estimate of drug-likeness (QED) is 0.667. The number of hydrogen-bond donors (Lipinski definition) is 0. The van der Waals surface area contributed by atoms with Crippen LogP contribution in [0.2, 0.25) is 5.02 Å². The molecule has 3 heterocycles. The van der Waals surface area contributed by atoms with Gasteiger partial charge < -0.3 is 24.0 Å². The van der Waals surface area contributed by atoms with E-state index in [0.29, 0.717) is 41.9 Å². The molecule has 7 nitrogen and oxygen atoms in total. The molecule has 30 heavy (non-hydrogen) atoms. The number of likely N-dealkylation sites (tertiary alicyclic amines) is 1. The van der Waals surface area contributed by atoms with Crippen LogP contribution in [0.25, 0.3) is 0 Å². The van der Waals surface area contributed by atoms with E-state index in [1.165, 1.54) is 11.3 Å². The van der Waals surface area contributed by atoms with Crippen LogP contribution in [-0.4, -0.2) is 67.3 Å². The molecule has 160 valence electrons. The fourth-order valence-electron chi connectivity index (χ4n) is 3.76. The highest BCUT2D eigenvalue weighted by atomic mass is 35.5. The second kappa shape index (κ2) is 9.14. The minimum atomic E-state index is -0.316. The largest absolute Gasteiger partial charge is 0.497 e. The van der Waals surface area contributed by atoms with Crippen LogP contribution in [0.15, 0.2) is 35.7 Å². The van der Waals surface area contributed by atoms with Crippen LogP contribution in [-0.2, 0) is 4.74 Å². The Balaban J connectivity index is 1.26. The normalized spacial score (nSPS) is 19.7. The van der Waals surface area contributed by atoms with Crippen molar-refractivity contribution in [1.82, 2.24) is 9.80 Å². The van der Waals surface area contributed by atoms with Crippen molar-refractivity contribution in [3.63, 3.8) is 0 Å². The lowest BCUT2D eigenvalue weighted by Gasteiger charge is -2.35. The molecule has 0 bridgehead atoms. The lowest BCUT2D eigenvalue weighted by atomic mass is 10.0. The van der Waals surface area contributed by atoms with Crippen LogP contribution >= 0.6 is 22.9 Å². The van der Waals surface area contributed by atoms with E-state index in [4.69, 9.17) is 25.8 Å². The molecule has 1 atom stereocenters. The number of piperidine rings is 1. The first-order valence-electron chi connectivity index (χ1n) is 9.81. The summed E-state index contributed by atoms with van der Waals surface area (Å²) in [6, 6.07) is 9.08. The Morgan fingerprint density at radius 1 is 1.20 bits per heavy atom. The summed E-state index contributed by atoms with van der Waals surface area (Å²) in [4.78, 5) is 29.1. The van der Waals surface area contributed by atoms with Gasteiger partial charge in [0.25, 0.3) is 5.91 Å². The second-order valence-corrected chi connectivity index (χ2v) is 8.59. The van der Waals surface area contributed by atoms with E-state index >= 15 is 0 Å². The number of rotatable bonds is 6. The van der Waals surface area contributed by atoms with E-state index < -0.39 is 0 Å². The first kappa shape index (κ1) is 20.8. The maximum Gasteiger partial charge on any atom is 0.410 e. The van der Waals surface area contributed by atoms with Crippen molar-refractivity contribution in [2.24, 2.45) is 0 Å². The van der Waals surface area contributed by atoms with Crippen molar-refractivity contribution in [2.45, 2.75) is 25.0 Å². The van der Waals surface area contributed by atoms with Gasteiger partial charge in [0.15, 0.2) is 6.10 Å². The Morgan fingerprint density at radius 2 is 1.90 bits per heavy atom. The van der Waals surface area contributed by atoms with Gasteiger partial charge in [0.05, 0.1) is 18.7 Å². The average Bonchev–Trinajstić information content (AvgIpc) is 3.37. The van der Waals surface area contributed by atoms with Crippen molar-refractivity contribution in [3.05, 3.63) is 45.6 Å². The lowest BCUT2D eigenvalue weighted by molar-refractivity contribution is 0.0663. The minimum Gasteiger partial charge on any atom is -0.497 e. The van der Waals surface area contributed by atoms with Gasteiger partial charge in [-0.3, -0.25) is 4.79 Å². The Bertz CT molecular complexity index is 895. The molecule has 0 N–H and O–H groups in total. The van der Waals surface area contributed by atoms with Gasteiger partial charge >= 0.3 is 6.09 Å². The van der Waals surface area contributed by atoms with Crippen molar-refractivity contribution in [1.29, 1.82) is 0 Å². The molecule has 2 aliphatic heterocycles. The van der Waals surface area contributed by atoms with E-state index in [0.717, 1.165) is 18.6 Å². The molecule has 1 unspecified atom stereocenters. The Labute approximate surface area is 184 Å². The lowest BCUT2D eigenvalue weighted by Crippen LogP contribution is -2.47. The first-order valence-corrected chi connectivity index (χ1v) is 11.1. The number of carbonyl (C=O) groups excluding carboxylic acids is 2. The van der Waals surface area contributed by atoms with Crippen molar-refractivity contribution >= 4 is 34.9 Å². The third kappa shape index (κ3) is 4.49. The topological polar surface area (TPSA) is 68.3 Å². The van der Waals surface area contributed by atoms with Crippen molar-refractivity contribution in [3.8, 4) is 11.5 Å². The standard InChI is InChI=1S/C21H23ClN2O5S/c1-27-15-2-4-16(5-3-15)28-13-17-12-24(21(26)29-17)14-6-9-23(10-7-14)20(25)19-18(22)8-11-30-19/h2-5,8,11,14,17H,6-7,9-10,12-13H2,1H3. The Morgan fingerprint density at radius 3 is 2.53 bits per heavy atom. The van der Waals surface area contributed by atoms with E-state index in [2.05, 4.69) is 0 Å². The van der Waals surface area contributed by atoms with Gasteiger partial charge in [0, 0.05) is 19.1 Å². The van der Waals surface area contributed by atoms with Crippen LogP contribution in [0.5, 0.6) is 11.5 Å². The minimum absolute atomic E-state index is 0.0387. The number of hydrogen-bond acceptors (Lipinski definition) is 6. The molecule has 0 aliphatic carbocycles. The maximum absolute atomic E-state index is 12.6. The maximum atomic E-state index is 12.6. The molecule has 1 aromatic heterocycles. The number of methoxy groups -OCH3 is 1. The highest BCUT2D eigenvalue weighted by molar-refractivity contribution is 7.12. The zero-order valence-corrected chi connectivity index (χ0v) is 18.2. The summed E-state index contributed by atoms with van der Waals surface area (Å²) in [5.74, 6) is 1.42. The van der Waals surface area contributed by atoms with Crippen LogP contribution in [0, 0.1) is 0 Å². The Hall–Kier alpha value is -2.45. The number of nitrogens with zero attached hydrogens (tertiary/aromatic N) is 2. The van der Waals surface area contributed by atoms with Gasteiger partial charge in [-0.25, -0.2) is 4.79 Å². The molecule has 0 radical (unpaired) electrons. The molecule has 2 amide bonds. The summed E-state index contributed by atoms with van der Waals surface area (Å²) < 4.78 is 16.4. The van der Waals surface area contributed by atoms with Gasteiger partial charge in [-0.15, -0.1) is 11.3 Å². The van der Waals surface area contributed by atoms with Gasteiger partial charge in [-0.05, 0) is 48.6 Å². The summed E-state index contributed by atoms with van der Waals surface area (Å²) in [5, 5.41) is 2.31. The molecule has 2 aliphatic rings. The van der Waals surface area contributed by atoms with E-state index in [1.54, 1.807) is 23.0 Å². The molecule has 9 heteroatoms. The molecule has 0 spiro atoms. The molecular formula is C21H23ClN2O5S. The van der Waals surface area contributed by atoms with Crippen molar-refractivity contribution in [2.75, 3.05) is 33.4 Å². The molecule has 2 aromatic rings. The number of halogens is 1. The van der Waals surface area contributed by atoms with Crippen LogP contribution in [0.1, 0.15) is 22.5 Å². The first-order chi connectivity index (χ1) is 14.5. The number of thiophene rings is 1. The number of carbonyl (C=O) groups is 2. The monoisotopic (exact) mass is 450 g/mol. The van der Waals surface area contributed by atoms with E-state index in [1.807, 2.05) is 29.6 Å². The molecular weight excluding hydrogens is 428 g/mol. The van der Waals surface area contributed by atoms with Gasteiger partial charge in [0.2, 0.25) is 0 Å². The van der Waals surface area contributed by atoms with Crippen molar-refractivity contribution < 1.29 is 23.8 Å². The summed E-state index contributed by atoms with van der Waals surface area (Å²) in [6.07, 6.45) is 0.805. The number of amides is 2. The molecule has 2 fully saturated rings. The highest BCUT2D eigenvalue weighted by Crippen LogP contribution is 2.27. The van der Waals surface area contributed by atoms with Crippen LogP contribution < -0.4 is 9.47 Å². The van der Waals surface area contributed by atoms with Gasteiger partial charge in [-0.2, -0.15) is 0 Å². The zero-order chi connectivity index (χ0) is 21.1. The fourth-order valence-corrected chi connectivity index (χ4v) is 4.86. The third-order valence-electron chi connectivity index (χ3n) is 5.40. The predicted octanol–water partition coefficient (Wildman–Crippen LogP) is 3.91. The number of cyclic esters (lactones) is 1. The van der Waals surface area contributed by atoms with Crippen LogP contribution in [0.4, 0.5) is 4.79 Å². The summed E-state index contributed by atoms with van der Waals surface area (Å²) in [7, 11) is 1.61. The second-order valence-electron chi connectivity index (χ2n) is 7.27.